The molecule has 4 rings (SSSR count). The summed E-state index contributed by atoms with van der Waals surface area (Å²) in [5, 5.41) is 17.5. The number of ether oxygens (including phenoxy) is 2. The van der Waals surface area contributed by atoms with Crippen molar-refractivity contribution in [2.45, 2.75) is 88.5 Å². The number of rotatable bonds is 8. The van der Waals surface area contributed by atoms with Gasteiger partial charge in [0.1, 0.15) is 23.8 Å². The van der Waals surface area contributed by atoms with E-state index in [2.05, 4.69) is 49.6 Å². The van der Waals surface area contributed by atoms with Crippen LogP contribution < -0.4 is 10.6 Å². The summed E-state index contributed by atoms with van der Waals surface area (Å²) in [6, 6.07) is 10.8. The lowest BCUT2D eigenvalue weighted by molar-refractivity contribution is -0.120. The molecule has 2 atom stereocenters. The SMILES string of the molecule is CC(=O)N[C@@H](Cc1cc(F)cc(F)c1)[C@H](O)CNC1(c2cccc(C(C)(C)C)c2)CCC2(CC1)COC(=O)O2. The Balaban J connectivity index is 1.57. The smallest absolute Gasteiger partial charge is 0.430 e. The summed E-state index contributed by atoms with van der Waals surface area (Å²) in [4.78, 5) is 23.6. The third-order valence-electron chi connectivity index (χ3n) is 7.93. The lowest BCUT2D eigenvalue weighted by atomic mass is 9.70. The number of benzene rings is 2. The first kappa shape index (κ1) is 29.0. The fraction of sp³-hybridized carbons (Fsp3) is 0.533. The van der Waals surface area contributed by atoms with Gasteiger partial charge < -0.3 is 25.2 Å². The molecular formula is C30H38F2N2O5. The minimum Gasteiger partial charge on any atom is -0.430 e. The van der Waals surface area contributed by atoms with E-state index in [-0.39, 0.29) is 30.9 Å². The van der Waals surface area contributed by atoms with E-state index in [4.69, 9.17) is 9.47 Å². The number of halogens is 2. The quantitative estimate of drug-likeness (QED) is 0.419. The fourth-order valence-corrected chi connectivity index (χ4v) is 5.63. The molecule has 1 heterocycles. The minimum absolute atomic E-state index is 0.0556. The molecule has 0 aromatic heterocycles. The van der Waals surface area contributed by atoms with Gasteiger partial charge in [-0.3, -0.25) is 4.79 Å². The predicted molar refractivity (Wildman–Crippen MR) is 142 cm³/mol. The summed E-state index contributed by atoms with van der Waals surface area (Å²) in [5.41, 5.74) is 1.31. The van der Waals surface area contributed by atoms with Crippen molar-refractivity contribution in [1.29, 1.82) is 0 Å². The van der Waals surface area contributed by atoms with Gasteiger partial charge in [-0.1, -0.05) is 45.0 Å². The van der Waals surface area contributed by atoms with E-state index in [1.807, 2.05) is 6.07 Å². The summed E-state index contributed by atoms with van der Waals surface area (Å²) < 4.78 is 38.2. The van der Waals surface area contributed by atoms with Crippen LogP contribution in [0.15, 0.2) is 42.5 Å². The molecule has 2 aromatic carbocycles. The van der Waals surface area contributed by atoms with Crippen molar-refractivity contribution in [1.82, 2.24) is 10.6 Å². The van der Waals surface area contributed by atoms with E-state index < -0.39 is 41.1 Å². The Morgan fingerprint density at radius 2 is 1.74 bits per heavy atom. The highest BCUT2D eigenvalue weighted by atomic mass is 19.1. The van der Waals surface area contributed by atoms with Gasteiger partial charge in [0.2, 0.25) is 5.91 Å². The van der Waals surface area contributed by atoms with Crippen LogP contribution >= 0.6 is 0 Å². The van der Waals surface area contributed by atoms with Crippen molar-refractivity contribution < 1.29 is 33.0 Å². The Bertz CT molecular complexity index is 1180. The average Bonchev–Trinajstić information content (AvgIpc) is 3.22. The van der Waals surface area contributed by atoms with Crippen LogP contribution in [0.5, 0.6) is 0 Å². The standard InChI is InChI=1S/C30H38F2N2O5/c1-19(35)34-25(14-20-12-23(31)16-24(32)13-20)26(36)17-33-30(22-7-5-6-21(15-22)28(2,3)4)10-8-29(9-11-30)18-38-27(37)39-29/h5-7,12-13,15-16,25-26,33,36H,8-11,14,17-18H2,1-4H3,(H,34,35)/t25-,26+,29?,30?/m0/s1. The molecule has 1 amide bonds. The second kappa shape index (κ2) is 11.2. The van der Waals surface area contributed by atoms with Gasteiger partial charge in [0, 0.05) is 25.1 Å². The number of hydrogen-bond acceptors (Lipinski definition) is 6. The zero-order valence-electron chi connectivity index (χ0n) is 23.0. The van der Waals surface area contributed by atoms with Crippen LogP contribution in [0.4, 0.5) is 13.6 Å². The minimum atomic E-state index is -1.05. The highest BCUT2D eigenvalue weighted by Crippen LogP contribution is 2.45. The number of carbonyl (C=O) groups is 2. The third kappa shape index (κ3) is 6.94. The summed E-state index contributed by atoms with van der Waals surface area (Å²) in [6.45, 7) is 8.12. The summed E-state index contributed by atoms with van der Waals surface area (Å²) >= 11 is 0. The van der Waals surface area contributed by atoms with Crippen LogP contribution in [-0.2, 0) is 31.6 Å². The second-order valence-corrected chi connectivity index (χ2v) is 12.0. The van der Waals surface area contributed by atoms with Crippen molar-refractivity contribution in [2.24, 2.45) is 0 Å². The summed E-state index contributed by atoms with van der Waals surface area (Å²) in [7, 11) is 0. The van der Waals surface area contributed by atoms with E-state index in [0.29, 0.717) is 31.2 Å². The van der Waals surface area contributed by atoms with E-state index in [1.54, 1.807) is 0 Å². The Morgan fingerprint density at radius 3 is 2.31 bits per heavy atom. The first-order chi connectivity index (χ1) is 18.3. The molecule has 2 fully saturated rings. The van der Waals surface area contributed by atoms with Crippen LogP contribution in [0, 0.1) is 11.6 Å². The maximum Gasteiger partial charge on any atom is 0.509 e. The normalized spacial score (nSPS) is 24.6. The molecule has 0 radical (unpaired) electrons. The number of nitrogens with one attached hydrogen (secondary N) is 2. The zero-order chi connectivity index (χ0) is 28.4. The lowest BCUT2D eigenvalue weighted by Crippen LogP contribution is -2.55. The zero-order valence-corrected chi connectivity index (χ0v) is 23.0. The number of hydrogen-bond donors (Lipinski definition) is 3. The van der Waals surface area contributed by atoms with Crippen LogP contribution in [0.3, 0.4) is 0 Å². The van der Waals surface area contributed by atoms with E-state index in [9.17, 15) is 23.5 Å². The van der Waals surface area contributed by atoms with Gasteiger partial charge in [0.25, 0.3) is 0 Å². The second-order valence-electron chi connectivity index (χ2n) is 12.0. The first-order valence-corrected chi connectivity index (χ1v) is 13.4. The van der Waals surface area contributed by atoms with Gasteiger partial charge in [0.05, 0.1) is 12.1 Å². The molecule has 1 spiro atoms. The summed E-state index contributed by atoms with van der Waals surface area (Å²) in [6.07, 6.45) is 0.783. The van der Waals surface area contributed by atoms with Crippen LogP contribution in [0.1, 0.15) is 70.1 Å². The molecule has 9 heteroatoms. The lowest BCUT2D eigenvalue weighted by Gasteiger charge is -2.45. The Morgan fingerprint density at radius 1 is 1.08 bits per heavy atom. The molecule has 0 unspecified atom stereocenters. The van der Waals surface area contributed by atoms with Crippen LogP contribution in [0.25, 0.3) is 0 Å². The molecule has 1 saturated carbocycles. The highest BCUT2D eigenvalue weighted by molar-refractivity contribution is 5.73. The first-order valence-electron chi connectivity index (χ1n) is 13.4. The Kier molecular flexibility index (Phi) is 8.33. The molecule has 0 bridgehead atoms. The van der Waals surface area contributed by atoms with E-state index in [0.717, 1.165) is 11.6 Å². The fourth-order valence-electron chi connectivity index (χ4n) is 5.63. The van der Waals surface area contributed by atoms with Gasteiger partial charge in [0.15, 0.2) is 0 Å². The molecule has 212 valence electrons. The van der Waals surface area contributed by atoms with Gasteiger partial charge >= 0.3 is 6.16 Å². The Labute approximate surface area is 228 Å². The molecule has 1 saturated heterocycles. The number of amides is 1. The van der Waals surface area contributed by atoms with Crippen molar-refractivity contribution in [3.05, 3.63) is 70.8 Å². The molecular weight excluding hydrogens is 506 g/mol. The Hall–Kier alpha value is -3.04. The predicted octanol–water partition coefficient (Wildman–Crippen LogP) is 4.64. The van der Waals surface area contributed by atoms with Gasteiger partial charge in [-0.2, -0.15) is 0 Å². The maximum absolute atomic E-state index is 13.8. The number of cyclic esters (lactones) is 1. The summed E-state index contributed by atoms with van der Waals surface area (Å²) in [5.74, 6) is -1.79. The molecule has 1 aliphatic heterocycles. The number of aliphatic hydroxyl groups excluding tert-OH is 1. The van der Waals surface area contributed by atoms with Crippen molar-refractivity contribution in [3.63, 3.8) is 0 Å². The molecule has 39 heavy (non-hydrogen) atoms. The highest BCUT2D eigenvalue weighted by Gasteiger charge is 2.50. The monoisotopic (exact) mass is 544 g/mol. The van der Waals surface area contributed by atoms with Crippen molar-refractivity contribution >= 4 is 12.1 Å². The van der Waals surface area contributed by atoms with E-state index >= 15 is 0 Å². The van der Waals surface area contributed by atoms with Crippen molar-refractivity contribution in [3.8, 4) is 0 Å². The van der Waals surface area contributed by atoms with Gasteiger partial charge in [-0.15, -0.1) is 0 Å². The van der Waals surface area contributed by atoms with Crippen LogP contribution in [-0.4, -0.2) is 48.1 Å². The molecule has 2 aliphatic rings. The number of aliphatic hydroxyl groups is 1. The maximum atomic E-state index is 13.8. The van der Waals surface area contributed by atoms with Crippen molar-refractivity contribution in [2.75, 3.05) is 13.2 Å². The topological polar surface area (TPSA) is 96.9 Å². The van der Waals surface area contributed by atoms with Gasteiger partial charge in [-0.25, -0.2) is 13.6 Å². The van der Waals surface area contributed by atoms with E-state index in [1.165, 1.54) is 24.6 Å². The molecule has 1 aliphatic carbocycles. The largest absolute Gasteiger partial charge is 0.509 e. The number of carbonyl (C=O) groups excluding carboxylic acids is 2. The van der Waals surface area contributed by atoms with Gasteiger partial charge in [-0.05, 0) is 66.3 Å². The average molecular weight is 545 g/mol. The molecule has 3 N–H and O–H groups in total. The third-order valence-corrected chi connectivity index (χ3v) is 7.93. The molecule has 2 aromatic rings. The molecule has 7 nitrogen and oxygen atoms in total. The van der Waals surface area contributed by atoms with Crippen LogP contribution in [0.2, 0.25) is 0 Å².